The maximum atomic E-state index is 2.51. The van der Waals surface area contributed by atoms with Crippen molar-refractivity contribution in [3.63, 3.8) is 0 Å². The van der Waals surface area contributed by atoms with E-state index in [0.717, 1.165) is 0 Å². The van der Waals surface area contributed by atoms with Crippen molar-refractivity contribution in [3.8, 4) is 67.0 Å². The van der Waals surface area contributed by atoms with E-state index in [9.17, 15) is 0 Å². The molecule has 0 aliphatic heterocycles. The lowest BCUT2D eigenvalue weighted by molar-refractivity contribution is 1.19. The van der Waals surface area contributed by atoms with Crippen LogP contribution in [-0.4, -0.2) is 9.13 Å². The van der Waals surface area contributed by atoms with Crippen LogP contribution in [0.1, 0.15) is 0 Å². The van der Waals surface area contributed by atoms with Crippen molar-refractivity contribution in [2.45, 2.75) is 0 Å². The van der Waals surface area contributed by atoms with E-state index in [2.05, 4.69) is 422 Å². The fourth-order valence-electron chi connectivity index (χ4n) is 19.4. The minimum Gasteiger partial charge on any atom is -0.309 e. The molecular formula is C110H68N2. The standard InChI is InChI=1S/C56H35N.C54H33N/c1-3-17-36(18-4-1)37-31-33-38(34-32-37)52-43-24-10-12-26-45(43)53(46-27-13-11-25-44(46)52)49-35-50-41-22-8-14-28-47(41)56-55(54(50)42-23-9-7-21-40(42)49)48-29-15-16-30-51(48)57(56)39-19-5-2-6-20-39;1-2-18-37(19-3-1)55-49-29-15-14-28-46(49)53-52-40-22-8-6-20-38(40)47(33-48(52)39-21-7-13-27-45(39)54(53)55)51-43-25-11-9-23-41(43)50(42-24-10-12-26-44(42)51)36-31-30-34-16-4-5-17-35(34)32-36/h1-35H;1-33H. The van der Waals surface area contributed by atoms with Gasteiger partial charge in [0.25, 0.3) is 0 Å². The molecule has 2 nitrogen and oxygen atoms in total. The fourth-order valence-corrected chi connectivity index (χ4v) is 19.4. The highest BCUT2D eigenvalue weighted by molar-refractivity contribution is 6.41. The van der Waals surface area contributed by atoms with Gasteiger partial charge in [-0.05, 0) is 207 Å². The first-order valence-corrected chi connectivity index (χ1v) is 38.9. The van der Waals surface area contributed by atoms with E-state index in [0.29, 0.717) is 0 Å². The molecule has 2 heteroatoms. The minimum atomic E-state index is 1.17. The summed E-state index contributed by atoms with van der Waals surface area (Å²) in [5.41, 5.74) is 19.8. The van der Waals surface area contributed by atoms with Gasteiger partial charge in [0.15, 0.2) is 0 Å². The van der Waals surface area contributed by atoms with E-state index in [1.54, 1.807) is 0 Å². The van der Waals surface area contributed by atoms with Crippen LogP contribution in [0.4, 0.5) is 0 Å². The molecule has 112 heavy (non-hydrogen) atoms. The van der Waals surface area contributed by atoms with Crippen molar-refractivity contribution in [2.75, 3.05) is 0 Å². The zero-order valence-corrected chi connectivity index (χ0v) is 61.2. The molecule has 518 valence electrons. The second kappa shape index (κ2) is 25.5. The Morgan fingerprint density at radius 2 is 0.429 bits per heavy atom. The molecule has 0 radical (unpaired) electrons. The number of para-hydroxylation sites is 4. The molecule has 0 spiro atoms. The van der Waals surface area contributed by atoms with E-state index in [1.807, 2.05) is 0 Å². The third-order valence-corrected chi connectivity index (χ3v) is 24.0. The third kappa shape index (κ3) is 9.59. The lowest BCUT2D eigenvalue weighted by Gasteiger charge is -2.21. The van der Waals surface area contributed by atoms with Crippen LogP contribution in [0.5, 0.6) is 0 Å². The van der Waals surface area contributed by atoms with E-state index in [4.69, 9.17) is 0 Å². The van der Waals surface area contributed by atoms with Gasteiger partial charge in [-0.1, -0.05) is 358 Å². The van der Waals surface area contributed by atoms with E-state index in [1.165, 1.54) is 229 Å². The van der Waals surface area contributed by atoms with Gasteiger partial charge in [-0.2, -0.15) is 0 Å². The van der Waals surface area contributed by atoms with Crippen LogP contribution >= 0.6 is 0 Å². The van der Waals surface area contributed by atoms with Crippen LogP contribution in [0.25, 0.3) is 229 Å². The van der Waals surface area contributed by atoms with Crippen molar-refractivity contribution >= 4 is 162 Å². The second-order valence-electron chi connectivity index (χ2n) is 29.9. The molecule has 0 saturated heterocycles. The highest BCUT2D eigenvalue weighted by Crippen LogP contribution is 2.54. The number of aromatic nitrogens is 2. The molecule has 24 rings (SSSR count). The van der Waals surface area contributed by atoms with Gasteiger partial charge in [0.1, 0.15) is 0 Å². The Morgan fingerprint density at radius 1 is 0.143 bits per heavy atom. The smallest absolute Gasteiger partial charge is 0.0626 e. The van der Waals surface area contributed by atoms with Crippen LogP contribution < -0.4 is 0 Å². The first-order valence-electron chi connectivity index (χ1n) is 38.9. The average Bonchev–Trinajstić information content (AvgIpc) is 1.40. The van der Waals surface area contributed by atoms with Crippen molar-refractivity contribution in [1.82, 2.24) is 9.13 Å². The van der Waals surface area contributed by atoms with E-state index >= 15 is 0 Å². The maximum absolute atomic E-state index is 2.51. The molecule has 2 aromatic heterocycles. The number of nitrogens with zero attached hydrogens (tertiary/aromatic N) is 2. The zero-order chi connectivity index (χ0) is 73.5. The zero-order valence-electron chi connectivity index (χ0n) is 61.2. The minimum absolute atomic E-state index is 1.17. The fraction of sp³-hybridized carbons (Fsp3) is 0. The number of rotatable bonds is 7. The molecule has 0 saturated carbocycles. The topological polar surface area (TPSA) is 9.86 Å². The first-order chi connectivity index (χ1) is 55.7. The predicted molar refractivity (Wildman–Crippen MR) is 481 cm³/mol. The molecule has 0 fully saturated rings. The first kappa shape index (κ1) is 63.4. The van der Waals surface area contributed by atoms with Gasteiger partial charge in [-0.3, -0.25) is 0 Å². The van der Waals surface area contributed by atoms with Crippen LogP contribution in [-0.2, 0) is 0 Å². The predicted octanol–water partition coefficient (Wildman–Crippen LogP) is 30.6. The monoisotopic (exact) mass is 1420 g/mol. The molecule has 22 aromatic carbocycles. The van der Waals surface area contributed by atoms with Crippen molar-refractivity contribution in [3.05, 3.63) is 413 Å². The molecule has 24 aromatic rings. The van der Waals surface area contributed by atoms with Crippen LogP contribution in [0.3, 0.4) is 0 Å². The Labute approximate surface area is 646 Å². The van der Waals surface area contributed by atoms with Crippen molar-refractivity contribution < 1.29 is 0 Å². The van der Waals surface area contributed by atoms with Gasteiger partial charge in [0.05, 0.1) is 22.1 Å². The number of hydrogen-bond donors (Lipinski definition) is 0. The summed E-state index contributed by atoms with van der Waals surface area (Å²) in [5, 5.41) is 33.0. The van der Waals surface area contributed by atoms with E-state index in [-0.39, 0.29) is 0 Å². The molecule has 0 amide bonds. The van der Waals surface area contributed by atoms with Gasteiger partial charge >= 0.3 is 0 Å². The van der Waals surface area contributed by atoms with Gasteiger partial charge < -0.3 is 9.13 Å². The summed E-state index contributed by atoms with van der Waals surface area (Å²) in [6, 6.07) is 152. The molecule has 0 unspecified atom stereocenters. The largest absolute Gasteiger partial charge is 0.309 e. The Bertz CT molecular complexity index is 7910. The van der Waals surface area contributed by atoms with Crippen molar-refractivity contribution in [1.29, 1.82) is 0 Å². The quantitative estimate of drug-likeness (QED) is 0.111. The Kier molecular flexibility index (Phi) is 14.4. The van der Waals surface area contributed by atoms with Crippen LogP contribution in [0.2, 0.25) is 0 Å². The summed E-state index contributed by atoms with van der Waals surface area (Å²) in [6.07, 6.45) is 0. The van der Waals surface area contributed by atoms with E-state index < -0.39 is 0 Å². The Morgan fingerprint density at radius 3 is 0.848 bits per heavy atom. The summed E-state index contributed by atoms with van der Waals surface area (Å²) >= 11 is 0. The molecule has 0 aliphatic rings. The van der Waals surface area contributed by atoms with Gasteiger partial charge in [-0.15, -0.1) is 0 Å². The van der Waals surface area contributed by atoms with Crippen molar-refractivity contribution in [2.24, 2.45) is 0 Å². The lowest BCUT2D eigenvalue weighted by atomic mass is 9.82. The summed E-state index contributed by atoms with van der Waals surface area (Å²) in [5.74, 6) is 0. The van der Waals surface area contributed by atoms with Gasteiger partial charge in [0, 0.05) is 54.5 Å². The number of benzene rings is 22. The Balaban J connectivity index is 0.000000134. The van der Waals surface area contributed by atoms with Gasteiger partial charge in [-0.25, -0.2) is 0 Å². The summed E-state index contributed by atoms with van der Waals surface area (Å²) in [6.45, 7) is 0. The average molecular weight is 1420 g/mol. The summed E-state index contributed by atoms with van der Waals surface area (Å²) in [7, 11) is 0. The molecule has 2 heterocycles. The van der Waals surface area contributed by atoms with Crippen LogP contribution in [0.15, 0.2) is 413 Å². The third-order valence-electron chi connectivity index (χ3n) is 24.0. The van der Waals surface area contributed by atoms with Crippen LogP contribution in [0, 0.1) is 0 Å². The van der Waals surface area contributed by atoms with Gasteiger partial charge in [0.2, 0.25) is 0 Å². The summed E-state index contributed by atoms with van der Waals surface area (Å²) in [4.78, 5) is 0. The molecule has 0 atom stereocenters. The number of hydrogen-bond acceptors (Lipinski definition) is 0. The Hall–Kier alpha value is -14.7. The lowest BCUT2D eigenvalue weighted by Crippen LogP contribution is -1.95. The molecule has 0 N–H and O–H groups in total. The molecular weight excluding hydrogens is 1350 g/mol. The summed E-state index contributed by atoms with van der Waals surface area (Å²) < 4.78 is 4.95. The SMILES string of the molecule is c1ccc(-c2ccc(-c3c4ccccc4c(-c4cc5c6ccccc6c6c(c7ccccc7n6-c6ccccc6)c5c5ccccc45)c4ccccc34)cc2)cc1.c1ccc(-n2c3ccccc3c3c4c5ccccc5c(-c5c6ccccc6c(-c6ccc7ccccc7c6)c6ccccc56)cc4c4ccccc4c32)cc1. The second-order valence-corrected chi connectivity index (χ2v) is 29.9. The normalized spacial score (nSPS) is 11.9. The highest BCUT2D eigenvalue weighted by atomic mass is 15.0. The highest BCUT2D eigenvalue weighted by Gasteiger charge is 2.27. The molecule has 0 bridgehead atoms. The maximum Gasteiger partial charge on any atom is 0.0626 e. The number of fused-ring (bicyclic) bond motifs is 25. The molecule has 0 aliphatic carbocycles.